The summed E-state index contributed by atoms with van der Waals surface area (Å²) in [5.41, 5.74) is 0.959. The molecule has 2 fully saturated rings. The number of rotatable bonds is 3. The molecule has 2 heterocycles. The minimum absolute atomic E-state index is 0.417. The van der Waals surface area contributed by atoms with Crippen LogP contribution in [0.4, 0.5) is 5.82 Å². The molecule has 0 spiro atoms. The van der Waals surface area contributed by atoms with Crippen molar-refractivity contribution in [2.24, 2.45) is 0 Å². The van der Waals surface area contributed by atoms with Crippen LogP contribution in [0, 0.1) is 0 Å². The average Bonchev–Trinajstić information content (AvgIpc) is 2.90. The van der Waals surface area contributed by atoms with Gasteiger partial charge in [-0.25, -0.2) is 4.98 Å². The Kier molecular flexibility index (Phi) is 3.91. The van der Waals surface area contributed by atoms with Crippen LogP contribution in [-0.4, -0.2) is 42.2 Å². The van der Waals surface area contributed by atoms with E-state index in [0.717, 1.165) is 36.2 Å². The predicted octanol–water partition coefficient (Wildman–Crippen LogP) is 2.53. The van der Waals surface area contributed by atoms with E-state index >= 15 is 0 Å². The van der Waals surface area contributed by atoms with Crippen LogP contribution in [0.15, 0.2) is 12.1 Å². The molecule has 1 saturated carbocycles. The number of morpholine rings is 1. The highest BCUT2D eigenvalue weighted by Gasteiger charge is 2.36. The molecule has 2 aliphatic rings. The van der Waals surface area contributed by atoms with Gasteiger partial charge in [-0.15, -0.1) is 0 Å². The van der Waals surface area contributed by atoms with Crippen LogP contribution < -0.4 is 5.32 Å². The van der Waals surface area contributed by atoms with E-state index in [0.29, 0.717) is 12.1 Å². The second-order valence-corrected chi connectivity index (χ2v) is 5.66. The molecule has 0 amide bonds. The number of fused-ring (bicyclic) bond motifs is 1. The number of halogens is 1. The van der Waals surface area contributed by atoms with E-state index in [1.54, 1.807) is 0 Å². The fraction of sp³-hybridized carbons (Fsp3) is 0.643. The molecular weight excluding hydrogens is 262 g/mol. The number of ether oxygens (including phenoxy) is 1. The Hall–Kier alpha value is -0.840. The Bertz CT molecular complexity index is 454. The van der Waals surface area contributed by atoms with E-state index in [4.69, 9.17) is 16.3 Å². The summed E-state index contributed by atoms with van der Waals surface area (Å²) in [6, 6.07) is 4.37. The average molecular weight is 282 g/mol. The predicted molar refractivity (Wildman–Crippen MR) is 76.6 cm³/mol. The van der Waals surface area contributed by atoms with Crippen molar-refractivity contribution >= 4 is 17.4 Å². The van der Waals surface area contributed by atoms with Crippen molar-refractivity contribution in [3.05, 3.63) is 22.8 Å². The summed E-state index contributed by atoms with van der Waals surface area (Å²) in [5, 5.41) is 3.82. The SMILES string of the molecule is CNc1ccc(Cl)c(CN2CCOC3CCCC32)n1. The molecule has 2 unspecified atom stereocenters. The number of nitrogens with zero attached hydrogens (tertiary/aromatic N) is 2. The van der Waals surface area contributed by atoms with E-state index in [9.17, 15) is 0 Å². The van der Waals surface area contributed by atoms with Gasteiger partial charge in [-0.3, -0.25) is 4.90 Å². The Morgan fingerprint density at radius 2 is 2.37 bits per heavy atom. The number of nitrogens with one attached hydrogen (secondary N) is 1. The minimum Gasteiger partial charge on any atom is -0.375 e. The van der Waals surface area contributed by atoms with Gasteiger partial charge in [0, 0.05) is 26.2 Å². The monoisotopic (exact) mass is 281 g/mol. The number of hydrogen-bond donors (Lipinski definition) is 1. The second kappa shape index (κ2) is 5.65. The van der Waals surface area contributed by atoms with Crippen molar-refractivity contribution in [1.82, 2.24) is 9.88 Å². The molecule has 104 valence electrons. The Labute approximate surface area is 119 Å². The lowest BCUT2D eigenvalue weighted by molar-refractivity contribution is -0.0591. The summed E-state index contributed by atoms with van der Waals surface area (Å²) >= 11 is 6.27. The summed E-state index contributed by atoms with van der Waals surface area (Å²) in [6.45, 7) is 2.62. The number of hydrogen-bond acceptors (Lipinski definition) is 4. The largest absolute Gasteiger partial charge is 0.375 e. The number of aromatic nitrogens is 1. The normalized spacial score (nSPS) is 27.3. The zero-order chi connectivity index (χ0) is 13.2. The maximum absolute atomic E-state index is 6.27. The topological polar surface area (TPSA) is 37.4 Å². The Morgan fingerprint density at radius 3 is 3.21 bits per heavy atom. The highest BCUT2D eigenvalue weighted by atomic mass is 35.5. The Morgan fingerprint density at radius 1 is 1.47 bits per heavy atom. The molecule has 0 radical (unpaired) electrons. The molecule has 19 heavy (non-hydrogen) atoms. The van der Waals surface area contributed by atoms with Gasteiger partial charge >= 0.3 is 0 Å². The maximum Gasteiger partial charge on any atom is 0.126 e. The highest BCUT2D eigenvalue weighted by Crippen LogP contribution is 2.31. The second-order valence-electron chi connectivity index (χ2n) is 5.25. The molecule has 4 nitrogen and oxygen atoms in total. The summed E-state index contributed by atoms with van der Waals surface area (Å²) < 4.78 is 5.84. The van der Waals surface area contributed by atoms with Gasteiger partial charge in [0.05, 0.1) is 23.4 Å². The zero-order valence-electron chi connectivity index (χ0n) is 11.2. The van der Waals surface area contributed by atoms with Gasteiger partial charge in [0.2, 0.25) is 0 Å². The highest BCUT2D eigenvalue weighted by molar-refractivity contribution is 6.31. The van der Waals surface area contributed by atoms with Crippen LogP contribution in [0.1, 0.15) is 25.0 Å². The third kappa shape index (κ3) is 2.71. The summed E-state index contributed by atoms with van der Waals surface area (Å²) in [7, 11) is 1.88. The van der Waals surface area contributed by atoms with E-state index in [1.165, 1.54) is 19.3 Å². The molecule has 1 aliphatic carbocycles. The smallest absolute Gasteiger partial charge is 0.126 e. The molecule has 1 aromatic heterocycles. The van der Waals surface area contributed by atoms with E-state index in [1.807, 2.05) is 19.2 Å². The first-order valence-corrected chi connectivity index (χ1v) is 7.34. The fourth-order valence-corrected chi connectivity index (χ4v) is 3.29. The van der Waals surface area contributed by atoms with Crippen LogP contribution in [0.5, 0.6) is 0 Å². The van der Waals surface area contributed by atoms with Gasteiger partial charge in [0.25, 0.3) is 0 Å². The first-order chi connectivity index (χ1) is 9.28. The van der Waals surface area contributed by atoms with Crippen molar-refractivity contribution in [3.8, 4) is 0 Å². The van der Waals surface area contributed by atoms with Gasteiger partial charge in [0.1, 0.15) is 5.82 Å². The van der Waals surface area contributed by atoms with Crippen molar-refractivity contribution in [2.75, 3.05) is 25.5 Å². The third-order valence-electron chi connectivity index (χ3n) is 4.12. The first-order valence-electron chi connectivity index (χ1n) is 6.97. The third-order valence-corrected chi connectivity index (χ3v) is 4.47. The lowest BCUT2D eigenvalue weighted by Crippen LogP contribution is -2.48. The van der Waals surface area contributed by atoms with Gasteiger partial charge in [-0.1, -0.05) is 11.6 Å². The van der Waals surface area contributed by atoms with Gasteiger partial charge < -0.3 is 10.1 Å². The van der Waals surface area contributed by atoms with E-state index < -0.39 is 0 Å². The quantitative estimate of drug-likeness (QED) is 0.924. The minimum atomic E-state index is 0.417. The molecule has 1 aliphatic heterocycles. The number of anilines is 1. The molecule has 2 atom stereocenters. The van der Waals surface area contributed by atoms with E-state index in [-0.39, 0.29) is 0 Å². The molecule has 1 aromatic rings. The fourth-order valence-electron chi connectivity index (χ4n) is 3.13. The van der Waals surface area contributed by atoms with Crippen LogP contribution in [0.3, 0.4) is 0 Å². The van der Waals surface area contributed by atoms with Gasteiger partial charge in [-0.2, -0.15) is 0 Å². The zero-order valence-corrected chi connectivity index (χ0v) is 12.0. The van der Waals surface area contributed by atoms with Crippen molar-refractivity contribution in [2.45, 2.75) is 38.0 Å². The Balaban J connectivity index is 1.76. The molecule has 0 bridgehead atoms. The van der Waals surface area contributed by atoms with Crippen molar-refractivity contribution in [3.63, 3.8) is 0 Å². The lowest BCUT2D eigenvalue weighted by atomic mass is 10.1. The molecule has 1 saturated heterocycles. The molecule has 5 heteroatoms. The molecule has 1 N–H and O–H groups in total. The van der Waals surface area contributed by atoms with Crippen LogP contribution in [0.25, 0.3) is 0 Å². The summed E-state index contributed by atoms with van der Waals surface area (Å²) in [4.78, 5) is 7.05. The van der Waals surface area contributed by atoms with Gasteiger partial charge in [0.15, 0.2) is 0 Å². The van der Waals surface area contributed by atoms with Crippen molar-refractivity contribution < 1.29 is 4.74 Å². The molecule has 0 aromatic carbocycles. The van der Waals surface area contributed by atoms with Crippen LogP contribution in [-0.2, 0) is 11.3 Å². The summed E-state index contributed by atoms with van der Waals surface area (Å²) in [5.74, 6) is 0.871. The number of pyridine rings is 1. The van der Waals surface area contributed by atoms with E-state index in [2.05, 4.69) is 15.2 Å². The lowest BCUT2D eigenvalue weighted by Gasteiger charge is -2.37. The summed E-state index contributed by atoms with van der Waals surface area (Å²) in [6.07, 6.45) is 4.11. The molecule has 3 rings (SSSR count). The first kappa shape index (κ1) is 13.2. The van der Waals surface area contributed by atoms with Crippen molar-refractivity contribution in [1.29, 1.82) is 0 Å². The van der Waals surface area contributed by atoms with Gasteiger partial charge in [-0.05, 0) is 31.4 Å². The standard InChI is InChI=1S/C14H20ClN3O/c1-16-14-6-5-10(15)11(17-14)9-18-7-8-19-13-4-2-3-12(13)18/h5-6,12-13H,2-4,7-9H2,1H3,(H,16,17). The van der Waals surface area contributed by atoms with Crippen LogP contribution >= 0.6 is 11.6 Å². The van der Waals surface area contributed by atoms with Crippen LogP contribution in [0.2, 0.25) is 5.02 Å². The maximum atomic E-state index is 6.27. The molecular formula is C14H20ClN3O.